The highest BCUT2D eigenvalue weighted by Crippen LogP contribution is 2.29. The summed E-state index contributed by atoms with van der Waals surface area (Å²) in [5, 5.41) is 1.28. The summed E-state index contributed by atoms with van der Waals surface area (Å²) in [5.74, 6) is 0. The third-order valence-electron chi connectivity index (χ3n) is 2.23. The Kier molecular flexibility index (Phi) is 2.66. The van der Waals surface area contributed by atoms with E-state index in [1.165, 1.54) is 15.0 Å². The number of fused-ring (bicyclic) bond motifs is 1. The zero-order chi connectivity index (χ0) is 9.97. The van der Waals surface area contributed by atoms with Crippen molar-refractivity contribution in [1.82, 2.24) is 0 Å². The molecular weight excluding hydrogens is 190 g/mol. The maximum atomic E-state index is 6.01. The number of benzene rings is 1. The second-order valence-corrected chi connectivity index (χ2v) is 4.43. The van der Waals surface area contributed by atoms with Crippen molar-refractivity contribution in [3.63, 3.8) is 0 Å². The predicted octanol–water partition coefficient (Wildman–Crippen LogP) is 3.48. The number of hydrogen-bond acceptors (Lipinski definition) is 2. The molecule has 1 aromatic carbocycles. The van der Waals surface area contributed by atoms with Crippen LogP contribution >= 0.6 is 11.3 Å². The van der Waals surface area contributed by atoms with Gasteiger partial charge in [0.1, 0.15) is 0 Å². The minimum atomic E-state index is 0.102. The average Bonchev–Trinajstić information content (AvgIpc) is 2.61. The fourth-order valence-electron chi connectivity index (χ4n) is 1.48. The second-order valence-electron chi connectivity index (χ2n) is 3.32. The highest BCUT2D eigenvalue weighted by Gasteiger charge is 2.07. The van der Waals surface area contributed by atoms with E-state index >= 15 is 0 Å². The maximum Gasteiger partial charge on any atom is 0.0425 e. The molecule has 1 heterocycles. The average molecular weight is 203 g/mol. The Morgan fingerprint density at radius 2 is 2.21 bits per heavy atom. The summed E-state index contributed by atoms with van der Waals surface area (Å²) in [4.78, 5) is 1.24. The molecule has 14 heavy (non-hydrogen) atoms. The van der Waals surface area contributed by atoms with Gasteiger partial charge >= 0.3 is 0 Å². The van der Waals surface area contributed by atoms with Crippen LogP contribution in [0.2, 0.25) is 0 Å². The molecule has 0 bridgehead atoms. The van der Waals surface area contributed by atoms with E-state index in [0.717, 1.165) is 6.42 Å². The molecule has 2 N–H and O–H groups in total. The quantitative estimate of drug-likeness (QED) is 0.759. The first-order valence-corrected chi connectivity index (χ1v) is 5.48. The Morgan fingerprint density at radius 3 is 2.93 bits per heavy atom. The summed E-state index contributed by atoms with van der Waals surface area (Å²) in [6.45, 7) is 3.70. The molecule has 1 nitrogen and oxygen atoms in total. The molecule has 1 unspecified atom stereocenters. The van der Waals surface area contributed by atoms with Crippen molar-refractivity contribution in [1.29, 1.82) is 0 Å². The molecule has 0 aliphatic rings. The van der Waals surface area contributed by atoms with Crippen LogP contribution in [0, 0.1) is 0 Å². The van der Waals surface area contributed by atoms with Crippen molar-refractivity contribution in [2.75, 3.05) is 0 Å². The van der Waals surface area contributed by atoms with E-state index in [1.807, 2.05) is 6.08 Å². The topological polar surface area (TPSA) is 26.0 Å². The van der Waals surface area contributed by atoms with Gasteiger partial charge in [0.25, 0.3) is 0 Å². The van der Waals surface area contributed by atoms with Crippen LogP contribution in [0.25, 0.3) is 10.1 Å². The standard InChI is InChI=1S/C12H13NS/c1-2-5-10(13)12-8-9-6-3-4-7-11(9)14-12/h2-4,6-8,10H,1,5,13H2. The van der Waals surface area contributed by atoms with Gasteiger partial charge in [-0.1, -0.05) is 24.3 Å². The molecule has 2 aromatic rings. The monoisotopic (exact) mass is 203 g/mol. The molecule has 0 radical (unpaired) electrons. The van der Waals surface area contributed by atoms with Crippen LogP contribution in [0.3, 0.4) is 0 Å². The number of hydrogen-bond donors (Lipinski definition) is 1. The van der Waals surface area contributed by atoms with Crippen LogP contribution in [-0.4, -0.2) is 0 Å². The third kappa shape index (κ3) is 1.72. The lowest BCUT2D eigenvalue weighted by atomic mass is 10.1. The van der Waals surface area contributed by atoms with Crippen molar-refractivity contribution in [2.45, 2.75) is 12.5 Å². The molecule has 0 saturated heterocycles. The Labute approximate surface area is 87.9 Å². The van der Waals surface area contributed by atoms with Gasteiger partial charge < -0.3 is 5.73 Å². The SMILES string of the molecule is C=CCC(N)c1cc2ccccc2s1. The third-order valence-corrected chi connectivity index (χ3v) is 3.48. The van der Waals surface area contributed by atoms with Gasteiger partial charge in [0.15, 0.2) is 0 Å². The van der Waals surface area contributed by atoms with E-state index in [9.17, 15) is 0 Å². The van der Waals surface area contributed by atoms with Crippen LogP contribution in [0.4, 0.5) is 0 Å². The van der Waals surface area contributed by atoms with E-state index in [1.54, 1.807) is 11.3 Å². The van der Waals surface area contributed by atoms with Crippen molar-refractivity contribution in [3.8, 4) is 0 Å². The molecule has 0 fully saturated rings. The Bertz CT molecular complexity index is 411. The van der Waals surface area contributed by atoms with Gasteiger partial charge in [0, 0.05) is 15.6 Å². The fraction of sp³-hybridized carbons (Fsp3) is 0.167. The van der Waals surface area contributed by atoms with E-state index in [4.69, 9.17) is 5.73 Å². The Morgan fingerprint density at radius 1 is 1.43 bits per heavy atom. The van der Waals surface area contributed by atoms with Gasteiger partial charge in [0.05, 0.1) is 0 Å². The summed E-state index contributed by atoms with van der Waals surface area (Å²) in [6, 6.07) is 10.6. The summed E-state index contributed by atoms with van der Waals surface area (Å²) >= 11 is 1.77. The van der Waals surface area contributed by atoms with Crippen LogP contribution in [-0.2, 0) is 0 Å². The van der Waals surface area contributed by atoms with Crippen molar-refractivity contribution < 1.29 is 0 Å². The van der Waals surface area contributed by atoms with Gasteiger partial charge in [-0.15, -0.1) is 17.9 Å². The number of thiophene rings is 1. The van der Waals surface area contributed by atoms with E-state index < -0.39 is 0 Å². The van der Waals surface area contributed by atoms with Crippen LogP contribution in [0.5, 0.6) is 0 Å². The first-order valence-electron chi connectivity index (χ1n) is 4.66. The van der Waals surface area contributed by atoms with E-state index in [-0.39, 0.29) is 6.04 Å². The molecule has 0 aliphatic carbocycles. The second kappa shape index (κ2) is 3.95. The fourth-order valence-corrected chi connectivity index (χ4v) is 2.56. The van der Waals surface area contributed by atoms with Gasteiger partial charge in [0.2, 0.25) is 0 Å². The Hall–Kier alpha value is -1.12. The smallest absolute Gasteiger partial charge is 0.0425 e. The maximum absolute atomic E-state index is 6.01. The highest BCUT2D eigenvalue weighted by atomic mass is 32.1. The summed E-state index contributed by atoms with van der Waals surface area (Å²) < 4.78 is 1.31. The molecule has 2 heteroatoms. The number of rotatable bonds is 3. The molecular formula is C12H13NS. The molecule has 1 aromatic heterocycles. The highest BCUT2D eigenvalue weighted by molar-refractivity contribution is 7.19. The zero-order valence-electron chi connectivity index (χ0n) is 7.94. The van der Waals surface area contributed by atoms with Gasteiger partial charge in [-0.05, 0) is 23.9 Å². The molecule has 0 amide bonds. The van der Waals surface area contributed by atoms with E-state index in [2.05, 4.69) is 36.9 Å². The first kappa shape index (κ1) is 9.44. The van der Waals surface area contributed by atoms with Gasteiger partial charge in [-0.25, -0.2) is 0 Å². The Balaban J connectivity index is 2.39. The van der Waals surface area contributed by atoms with Crippen molar-refractivity contribution in [3.05, 3.63) is 47.9 Å². The van der Waals surface area contributed by atoms with Crippen molar-refractivity contribution >= 4 is 21.4 Å². The lowest BCUT2D eigenvalue weighted by molar-refractivity contribution is 0.758. The predicted molar refractivity (Wildman–Crippen MR) is 63.6 cm³/mol. The first-order chi connectivity index (χ1) is 6.81. The minimum absolute atomic E-state index is 0.102. The van der Waals surface area contributed by atoms with Gasteiger partial charge in [-0.3, -0.25) is 0 Å². The lowest BCUT2D eigenvalue weighted by Gasteiger charge is -2.03. The van der Waals surface area contributed by atoms with Crippen LogP contribution in [0.15, 0.2) is 43.0 Å². The summed E-state index contributed by atoms with van der Waals surface area (Å²) in [6.07, 6.45) is 2.71. The summed E-state index contributed by atoms with van der Waals surface area (Å²) in [5.41, 5.74) is 6.01. The molecule has 72 valence electrons. The molecule has 0 aliphatic heterocycles. The lowest BCUT2D eigenvalue weighted by Crippen LogP contribution is -2.06. The number of nitrogens with two attached hydrogens (primary N) is 1. The zero-order valence-corrected chi connectivity index (χ0v) is 8.76. The van der Waals surface area contributed by atoms with E-state index in [0.29, 0.717) is 0 Å². The summed E-state index contributed by atoms with van der Waals surface area (Å²) in [7, 11) is 0. The normalized spacial score (nSPS) is 12.9. The minimum Gasteiger partial charge on any atom is -0.323 e. The van der Waals surface area contributed by atoms with Crippen LogP contribution < -0.4 is 5.73 Å². The van der Waals surface area contributed by atoms with Crippen LogP contribution in [0.1, 0.15) is 17.3 Å². The largest absolute Gasteiger partial charge is 0.323 e. The molecule has 1 atom stereocenters. The van der Waals surface area contributed by atoms with Crippen molar-refractivity contribution in [2.24, 2.45) is 5.73 Å². The molecule has 0 spiro atoms. The molecule has 2 rings (SSSR count). The molecule has 0 saturated carbocycles. The van der Waals surface area contributed by atoms with Gasteiger partial charge in [-0.2, -0.15) is 0 Å².